The van der Waals surface area contributed by atoms with E-state index < -0.39 is 60.2 Å². The molecule has 4 atom stereocenters. The summed E-state index contributed by atoms with van der Waals surface area (Å²) in [6, 6.07) is 4.31. The number of aliphatic carboxylic acids is 1. The quantitative estimate of drug-likeness (QED) is 0.0918. The number of unbranched alkanes of at least 4 members (excludes halogenated alkanes) is 1. The van der Waals surface area contributed by atoms with Crippen molar-refractivity contribution in [2.45, 2.75) is 56.3 Å². The molecule has 0 aromatic heterocycles. The summed E-state index contributed by atoms with van der Waals surface area (Å²) < 4.78 is 0. The summed E-state index contributed by atoms with van der Waals surface area (Å²) in [5, 5.41) is 16.3. The Kier molecular flexibility index (Phi) is 13.4. The Bertz CT molecular complexity index is 871. The van der Waals surface area contributed by atoms with E-state index in [4.69, 9.17) is 22.3 Å². The van der Waals surface area contributed by atoms with Gasteiger partial charge in [-0.3, -0.25) is 19.2 Å². The Balaban J connectivity index is 2.94. The highest BCUT2D eigenvalue weighted by Gasteiger charge is 2.30. The minimum atomic E-state index is -1.45. The number of benzene rings is 1. The second-order valence-electron chi connectivity index (χ2n) is 7.96. The molecule has 10 N–H and O–H groups in total. The first-order valence-electron chi connectivity index (χ1n) is 11.1. The fourth-order valence-electron chi connectivity index (χ4n) is 3.14. The van der Waals surface area contributed by atoms with Gasteiger partial charge in [-0.05, 0) is 37.8 Å². The van der Waals surface area contributed by atoms with Gasteiger partial charge in [0.1, 0.15) is 18.1 Å². The van der Waals surface area contributed by atoms with E-state index in [1.165, 1.54) is 0 Å². The van der Waals surface area contributed by atoms with E-state index in [-0.39, 0.29) is 18.6 Å². The van der Waals surface area contributed by atoms with E-state index in [1.807, 2.05) is 30.3 Å². The minimum absolute atomic E-state index is 0.201. The first kappa shape index (κ1) is 29.9. The van der Waals surface area contributed by atoms with Crippen molar-refractivity contribution in [2.75, 3.05) is 12.3 Å². The molecule has 0 radical (unpaired) electrons. The summed E-state index contributed by atoms with van der Waals surface area (Å²) in [4.78, 5) is 60.9. The third-order valence-electron chi connectivity index (χ3n) is 5.05. The van der Waals surface area contributed by atoms with E-state index in [1.54, 1.807) is 0 Å². The maximum Gasteiger partial charge on any atom is 0.327 e. The number of thiol groups is 1. The van der Waals surface area contributed by atoms with Crippen molar-refractivity contribution < 1.29 is 29.1 Å². The van der Waals surface area contributed by atoms with Crippen molar-refractivity contribution in [3.63, 3.8) is 0 Å². The molecule has 0 bridgehead atoms. The van der Waals surface area contributed by atoms with Crippen LogP contribution < -0.4 is 33.2 Å². The number of carboxylic acids is 1. The lowest BCUT2D eigenvalue weighted by Crippen LogP contribution is -2.58. The lowest BCUT2D eigenvalue weighted by Gasteiger charge is -2.24. The van der Waals surface area contributed by atoms with Gasteiger partial charge in [0, 0.05) is 5.75 Å². The molecular formula is C22H34N6O6S. The molecule has 0 aliphatic carbocycles. The first-order chi connectivity index (χ1) is 16.6. The van der Waals surface area contributed by atoms with Crippen LogP contribution in [0, 0.1) is 0 Å². The molecule has 0 aliphatic heterocycles. The highest BCUT2D eigenvalue weighted by Crippen LogP contribution is 2.06. The smallest absolute Gasteiger partial charge is 0.327 e. The fraction of sp³-hybridized carbons (Fsp3) is 0.500. The lowest BCUT2D eigenvalue weighted by molar-refractivity contribution is -0.141. The average molecular weight is 511 g/mol. The average Bonchev–Trinajstić information content (AvgIpc) is 2.81. The Morgan fingerprint density at radius 3 is 2.00 bits per heavy atom. The van der Waals surface area contributed by atoms with E-state index in [0.29, 0.717) is 19.4 Å². The van der Waals surface area contributed by atoms with Crippen molar-refractivity contribution in [3.8, 4) is 0 Å². The van der Waals surface area contributed by atoms with E-state index in [2.05, 4.69) is 28.6 Å². The van der Waals surface area contributed by atoms with Crippen LogP contribution in [0.15, 0.2) is 30.3 Å². The zero-order chi connectivity index (χ0) is 26.4. The van der Waals surface area contributed by atoms with Crippen molar-refractivity contribution in [1.82, 2.24) is 16.0 Å². The molecule has 12 nitrogen and oxygen atoms in total. The van der Waals surface area contributed by atoms with Gasteiger partial charge in [0.2, 0.25) is 23.6 Å². The predicted octanol–water partition coefficient (Wildman–Crippen LogP) is -1.97. The van der Waals surface area contributed by atoms with Crippen LogP contribution in [0.5, 0.6) is 0 Å². The molecule has 194 valence electrons. The van der Waals surface area contributed by atoms with Gasteiger partial charge in [0.15, 0.2) is 0 Å². The summed E-state index contributed by atoms with van der Waals surface area (Å²) in [5.41, 5.74) is 17.6. The van der Waals surface area contributed by atoms with Crippen LogP contribution in [0.4, 0.5) is 0 Å². The molecule has 1 aromatic rings. The number of carbonyl (C=O) groups excluding carboxylic acids is 4. The Morgan fingerprint density at radius 1 is 0.886 bits per heavy atom. The second kappa shape index (κ2) is 15.7. The highest BCUT2D eigenvalue weighted by atomic mass is 32.1. The van der Waals surface area contributed by atoms with Gasteiger partial charge in [-0.25, -0.2) is 4.79 Å². The molecule has 13 heteroatoms. The summed E-state index contributed by atoms with van der Waals surface area (Å²) in [6.07, 6.45) is 0.954. The highest BCUT2D eigenvalue weighted by molar-refractivity contribution is 7.80. The Morgan fingerprint density at radius 2 is 1.46 bits per heavy atom. The monoisotopic (exact) mass is 510 g/mol. The normalized spacial score (nSPS) is 14.1. The zero-order valence-electron chi connectivity index (χ0n) is 19.3. The molecule has 0 saturated carbocycles. The molecule has 0 saturated heterocycles. The van der Waals surface area contributed by atoms with E-state index in [9.17, 15) is 24.0 Å². The van der Waals surface area contributed by atoms with Gasteiger partial charge in [0.05, 0.1) is 12.5 Å². The Labute approximate surface area is 209 Å². The van der Waals surface area contributed by atoms with E-state index in [0.717, 1.165) is 5.56 Å². The largest absolute Gasteiger partial charge is 0.480 e. The molecule has 0 aliphatic rings. The van der Waals surface area contributed by atoms with Gasteiger partial charge in [-0.2, -0.15) is 12.6 Å². The van der Waals surface area contributed by atoms with Crippen LogP contribution in [0.25, 0.3) is 0 Å². The number of hydrogen-bond acceptors (Lipinski definition) is 8. The third kappa shape index (κ3) is 11.2. The lowest BCUT2D eigenvalue weighted by atomic mass is 10.0. The number of carbonyl (C=O) groups is 5. The fourth-order valence-corrected chi connectivity index (χ4v) is 3.39. The maximum absolute atomic E-state index is 13.0. The standard InChI is InChI=1S/C22H34N6O6S/c23-9-5-4-8-15(26-19(30)14(24)10-13-6-2-1-3-7-13)20(31)27-16(11-18(25)29)21(32)28-17(12-35)22(33)34/h1-3,6-7,14-17,35H,4-5,8-12,23-24H2,(H2,25,29)(H,26,30)(H,27,31)(H,28,32)(H,33,34)/t14-,15-,16-,17-/m0/s1. The molecule has 0 fully saturated rings. The molecule has 35 heavy (non-hydrogen) atoms. The van der Waals surface area contributed by atoms with Crippen LogP contribution >= 0.6 is 12.6 Å². The summed E-state index contributed by atoms with van der Waals surface area (Å²) in [7, 11) is 0. The number of amides is 4. The van der Waals surface area contributed by atoms with Crippen LogP contribution in [-0.4, -0.2) is 71.2 Å². The summed E-state index contributed by atoms with van der Waals surface area (Å²) in [6.45, 7) is 0.378. The van der Waals surface area contributed by atoms with Crippen LogP contribution in [0.1, 0.15) is 31.2 Å². The number of carboxylic acid groups (broad SMARTS) is 1. The number of nitrogens with one attached hydrogen (secondary N) is 3. The molecule has 0 spiro atoms. The number of nitrogens with two attached hydrogens (primary N) is 3. The van der Waals surface area contributed by atoms with Crippen LogP contribution in [0.2, 0.25) is 0 Å². The topological polar surface area (TPSA) is 220 Å². The van der Waals surface area contributed by atoms with Crippen molar-refractivity contribution in [3.05, 3.63) is 35.9 Å². The molecular weight excluding hydrogens is 476 g/mol. The molecule has 0 unspecified atom stereocenters. The second-order valence-corrected chi connectivity index (χ2v) is 8.32. The van der Waals surface area contributed by atoms with Gasteiger partial charge < -0.3 is 38.3 Å². The zero-order valence-corrected chi connectivity index (χ0v) is 20.2. The summed E-state index contributed by atoms with van der Waals surface area (Å²) >= 11 is 3.87. The van der Waals surface area contributed by atoms with Gasteiger partial charge in [0.25, 0.3) is 0 Å². The van der Waals surface area contributed by atoms with Crippen molar-refractivity contribution in [1.29, 1.82) is 0 Å². The van der Waals surface area contributed by atoms with Crippen molar-refractivity contribution >= 4 is 42.2 Å². The number of rotatable bonds is 16. The third-order valence-corrected chi connectivity index (χ3v) is 5.42. The molecule has 0 heterocycles. The van der Waals surface area contributed by atoms with Gasteiger partial charge >= 0.3 is 5.97 Å². The van der Waals surface area contributed by atoms with Crippen LogP contribution in [-0.2, 0) is 30.4 Å². The molecule has 1 rings (SSSR count). The number of hydrogen-bond donors (Lipinski definition) is 8. The maximum atomic E-state index is 13.0. The summed E-state index contributed by atoms with van der Waals surface area (Å²) in [5.74, 6) is -4.69. The minimum Gasteiger partial charge on any atom is -0.480 e. The van der Waals surface area contributed by atoms with E-state index >= 15 is 0 Å². The molecule has 1 aromatic carbocycles. The number of primary amides is 1. The van der Waals surface area contributed by atoms with Gasteiger partial charge in [-0.1, -0.05) is 30.3 Å². The SMILES string of the molecule is NCCCC[C@H](NC(=O)[C@@H](N)Cc1ccccc1)C(=O)N[C@@H](CC(N)=O)C(=O)N[C@@H](CS)C(=O)O. The first-order valence-corrected chi connectivity index (χ1v) is 11.7. The van der Waals surface area contributed by atoms with Crippen LogP contribution in [0.3, 0.4) is 0 Å². The Hall–Kier alpha value is -3.16. The molecule has 4 amide bonds. The van der Waals surface area contributed by atoms with Crippen molar-refractivity contribution in [2.24, 2.45) is 17.2 Å². The van der Waals surface area contributed by atoms with Gasteiger partial charge in [-0.15, -0.1) is 0 Å². The predicted molar refractivity (Wildman–Crippen MR) is 132 cm³/mol.